The van der Waals surface area contributed by atoms with Crippen molar-refractivity contribution in [2.45, 2.75) is 6.54 Å². The summed E-state index contributed by atoms with van der Waals surface area (Å²) in [5.74, 6) is 0.618. The van der Waals surface area contributed by atoms with Crippen LogP contribution in [0.3, 0.4) is 0 Å². The molecule has 108 valence electrons. The predicted octanol–water partition coefficient (Wildman–Crippen LogP) is 3.74. The predicted molar refractivity (Wildman–Crippen MR) is 82.8 cm³/mol. The van der Waals surface area contributed by atoms with Gasteiger partial charge in [-0.2, -0.15) is 0 Å². The Morgan fingerprint density at radius 2 is 2.00 bits per heavy atom. The molecule has 1 aromatic carbocycles. The van der Waals surface area contributed by atoms with Crippen molar-refractivity contribution in [3.05, 3.63) is 52.4 Å². The number of carbonyl (C=O) groups excluding carboxylic acids is 1. The Balaban J connectivity index is 0.00000200. The van der Waals surface area contributed by atoms with Crippen LogP contribution in [-0.4, -0.2) is 12.5 Å². The van der Waals surface area contributed by atoms with Gasteiger partial charge in [-0.3, -0.25) is 4.79 Å². The Morgan fingerprint density at radius 1 is 1.20 bits per heavy atom. The van der Waals surface area contributed by atoms with Gasteiger partial charge in [-0.1, -0.05) is 23.2 Å². The number of nitrogens with one attached hydrogen (secondary N) is 2. The van der Waals surface area contributed by atoms with Gasteiger partial charge in [0.15, 0.2) is 0 Å². The van der Waals surface area contributed by atoms with E-state index < -0.39 is 0 Å². The Hall–Kier alpha value is -1.20. The molecular weight excluding hydrogens is 323 g/mol. The van der Waals surface area contributed by atoms with Crippen molar-refractivity contribution >= 4 is 47.2 Å². The molecule has 0 aliphatic heterocycles. The minimum Gasteiger partial charge on any atom is -0.468 e. The number of rotatable bonds is 5. The van der Waals surface area contributed by atoms with E-state index in [0.717, 1.165) is 5.76 Å². The van der Waals surface area contributed by atoms with Crippen LogP contribution in [0, 0.1) is 0 Å². The van der Waals surface area contributed by atoms with Crippen molar-refractivity contribution in [3.63, 3.8) is 0 Å². The van der Waals surface area contributed by atoms with Crippen LogP contribution >= 0.6 is 35.6 Å². The monoisotopic (exact) mass is 334 g/mol. The van der Waals surface area contributed by atoms with Crippen molar-refractivity contribution in [2.24, 2.45) is 0 Å². The highest BCUT2D eigenvalue weighted by molar-refractivity contribution is 6.42. The Bertz CT molecular complexity index is 559. The van der Waals surface area contributed by atoms with Crippen LogP contribution in [0.1, 0.15) is 5.76 Å². The lowest BCUT2D eigenvalue weighted by molar-refractivity contribution is -0.115. The number of amides is 1. The van der Waals surface area contributed by atoms with Crippen LogP contribution < -0.4 is 10.6 Å². The Morgan fingerprint density at radius 3 is 2.65 bits per heavy atom. The van der Waals surface area contributed by atoms with E-state index in [9.17, 15) is 4.79 Å². The summed E-state index contributed by atoms with van der Waals surface area (Å²) in [5.41, 5.74) is 0.610. The molecule has 1 amide bonds. The third-order valence-electron chi connectivity index (χ3n) is 2.37. The van der Waals surface area contributed by atoms with Gasteiger partial charge in [0.2, 0.25) is 5.91 Å². The van der Waals surface area contributed by atoms with Gasteiger partial charge < -0.3 is 15.1 Å². The Labute approximate surface area is 132 Å². The zero-order valence-electron chi connectivity index (χ0n) is 10.4. The quantitative estimate of drug-likeness (QED) is 0.875. The summed E-state index contributed by atoms with van der Waals surface area (Å²) >= 11 is 11.6. The van der Waals surface area contributed by atoms with Crippen LogP contribution in [-0.2, 0) is 11.3 Å². The van der Waals surface area contributed by atoms with Crippen LogP contribution in [0.25, 0.3) is 0 Å². The fourth-order valence-electron chi connectivity index (χ4n) is 1.49. The minimum atomic E-state index is -0.162. The average molecular weight is 336 g/mol. The second-order valence-corrected chi connectivity index (χ2v) is 4.67. The van der Waals surface area contributed by atoms with Crippen molar-refractivity contribution in [2.75, 3.05) is 11.9 Å². The summed E-state index contributed by atoms with van der Waals surface area (Å²) in [4.78, 5) is 11.7. The number of anilines is 1. The molecule has 0 aliphatic rings. The van der Waals surface area contributed by atoms with Gasteiger partial charge in [-0.25, -0.2) is 0 Å². The molecule has 0 saturated heterocycles. The molecule has 2 rings (SSSR count). The van der Waals surface area contributed by atoms with E-state index in [-0.39, 0.29) is 24.9 Å². The van der Waals surface area contributed by atoms with E-state index in [1.807, 2.05) is 6.07 Å². The highest BCUT2D eigenvalue weighted by atomic mass is 35.5. The van der Waals surface area contributed by atoms with Gasteiger partial charge in [0.25, 0.3) is 0 Å². The van der Waals surface area contributed by atoms with Crippen LogP contribution in [0.15, 0.2) is 41.0 Å². The molecule has 0 unspecified atom stereocenters. The summed E-state index contributed by atoms with van der Waals surface area (Å²) in [6, 6.07) is 8.57. The molecule has 0 atom stereocenters. The molecule has 0 bridgehead atoms. The van der Waals surface area contributed by atoms with Gasteiger partial charge in [0.1, 0.15) is 5.76 Å². The van der Waals surface area contributed by atoms with Crippen molar-refractivity contribution < 1.29 is 9.21 Å². The lowest BCUT2D eigenvalue weighted by atomic mass is 10.3. The topological polar surface area (TPSA) is 54.3 Å². The Kier molecular flexibility index (Phi) is 6.88. The van der Waals surface area contributed by atoms with E-state index in [2.05, 4.69) is 10.6 Å². The number of carbonyl (C=O) groups is 1. The van der Waals surface area contributed by atoms with Gasteiger partial charge in [-0.05, 0) is 30.3 Å². The molecular formula is C13H13Cl3N2O2. The summed E-state index contributed by atoms with van der Waals surface area (Å²) < 4.78 is 5.14. The van der Waals surface area contributed by atoms with Gasteiger partial charge in [0, 0.05) is 5.69 Å². The van der Waals surface area contributed by atoms with Crippen molar-refractivity contribution in [1.82, 2.24) is 5.32 Å². The zero-order chi connectivity index (χ0) is 13.7. The summed E-state index contributed by atoms with van der Waals surface area (Å²) in [6.45, 7) is 0.683. The van der Waals surface area contributed by atoms with Gasteiger partial charge in [-0.15, -0.1) is 12.4 Å². The maximum atomic E-state index is 11.7. The summed E-state index contributed by atoms with van der Waals surface area (Å²) in [5, 5.41) is 6.54. The lowest BCUT2D eigenvalue weighted by Gasteiger charge is -2.06. The molecule has 20 heavy (non-hydrogen) atoms. The molecule has 7 heteroatoms. The summed E-state index contributed by atoms with van der Waals surface area (Å²) in [7, 11) is 0. The molecule has 4 nitrogen and oxygen atoms in total. The number of hydrogen-bond donors (Lipinski definition) is 2. The average Bonchev–Trinajstić information content (AvgIpc) is 2.87. The smallest absolute Gasteiger partial charge is 0.238 e. The fourth-order valence-corrected chi connectivity index (χ4v) is 1.79. The fraction of sp³-hybridized carbons (Fsp3) is 0.154. The number of hydrogen-bond acceptors (Lipinski definition) is 3. The van der Waals surface area contributed by atoms with E-state index in [1.165, 1.54) is 0 Å². The SMILES string of the molecule is Cl.O=C(CNCc1ccco1)Nc1ccc(Cl)c(Cl)c1. The second kappa shape index (κ2) is 8.17. The molecule has 1 aromatic heterocycles. The molecule has 0 fully saturated rings. The van der Waals surface area contributed by atoms with Crippen LogP contribution in [0.4, 0.5) is 5.69 Å². The maximum Gasteiger partial charge on any atom is 0.238 e. The first-order valence-electron chi connectivity index (χ1n) is 5.63. The number of benzene rings is 1. The van der Waals surface area contributed by atoms with E-state index in [1.54, 1.807) is 30.5 Å². The van der Waals surface area contributed by atoms with E-state index in [0.29, 0.717) is 22.3 Å². The highest BCUT2D eigenvalue weighted by Gasteiger charge is 2.04. The largest absolute Gasteiger partial charge is 0.468 e. The maximum absolute atomic E-state index is 11.7. The number of furan rings is 1. The first kappa shape index (κ1) is 16.9. The second-order valence-electron chi connectivity index (χ2n) is 3.86. The van der Waals surface area contributed by atoms with Gasteiger partial charge >= 0.3 is 0 Å². The van der Waals surface area contributed by atoms with Crippen molar-refractivity contribution in [3.8, 4) is 0 Å². The lowest BCUT2D eigenvalue weighted by Crippen LogP contribution is -2.27. The van der Waals surface area contributed by atoms with Crippen LogP contribution in [0.5, 0.6) is 0 Å². The number of halogens is 3. The standard InChI is InChI=1S/C13H12Cl2N2O2.ClH/c14-11-4-3-9(6-12(11)15)17-13(18)8-16-7-10-2-1-5-19-10;/h1-6,16H,7-8H2,(H,17,18);1H. The van der Waals surface area contributed by atoms with Crippen LogP contribution in [0.2, 0.25) is 10.0 Å². The molecule has 0 radical (unpaired) electrons. The van der Waals surface area contributed by atoms with Gasteiger partial charge in [0.05, 0.1) is 29.4 Å². The van der Waals surface area contributed by atoms with E-state index in [4.69, 9.17) is 27.6 Å². The van der Waals surface area contributed by atoms with E-state index >= 15 is 0 Å². The third kappa shape index (κ3) is 5.06. The zero-order valence-corrected chi connectivity index (χ0v) is 12.7. The molecule has 0 saturated carbocycles. The molecule has 1 heterocycles. The summed E-state index contributed by atoms with van der Waals surface area (Å²) in [6.07, 6.45) is 1.59. The van der Waals surface area contributed by atoms with Crippen molar-refractivity contribution in [1.29, 1.82) is 0 Å². The highest BCUT2D eigenvalue weighted by Crippen LogP contribution is 2.24. The molecule has 0 aliphatic carbocycles. The molecule has 2 aromatic rings. The minimum absolute atomic E-state index is 0. The third-order valence-corrected chi connectivity index (χ3v) is 3.11. The first-order valence-corrected chi connectivity index (χ1v) is 6.39. The normalized spacial score (nSPS) is 9.90. The molecule has 0 spiro atoms. The first-order chi connectivity index (χ1) is 9.15. The molecule has 2 N–H and O–H groups in total.